The molecule has 0 saturated heterocycles. The van der Waals surface area contributed by atoms with E-state index in [1.54, 1.807) is 22.8 Å². The van der Waals surface area contributed by atoms with Gasteiger partial charge in [0.15, 0.2) is 16.6 Å². The van der Waals surface area contributed by atoms with E-state index in [1.165, 1.54) is 20.0 Å². The van der Waals surface area contributed by atoms with Gasteiger partial charge in [0.1, 0.15) is 11.3 Å². The standard InChI is InChI=1S/C22H24Cl2N8O2/c1-21(2)7-12(13-10-26-17-6-16(24)31-32(17)18(13)21)20(33)28-11-5-14(23)19(27-9-11)30-29-15(8-25)22(3,4)34/h5-6,8-10,12,25,34H,7H2,1-4H3,(H,27,30)(H,28,33)/b25-8?,29-15+. The Morgan fingerprint density at radius 1 is 1.32 bits per heavy atom. The van der Waals surface area contributed by atoms with Gasteiger partial charge in [0.2, 0.25) is 5.91 Å². The number of carbonyl (C=O) groups is 1. The predicted octanol–water partition coefficient (Wildman–Crippen LogP) is 4.02. The van der Waals surface area contributed by atoms with Crippen LogP contribution in [0.4, 0.5) is 11.5 Å². The maximum Gasteiger partial charge on any atom is 0.232 e. The lowest BCUT2D eigenvalue weighted by molar-refractivity contribution is -0.117. The van der Waals surface area contributed by atoms with Crippen molar-refractivity contribution in [3.8, 4) is 0 Å². The van der Waals surface area contributed by atoms with Crippen LogP contribution in [-0.2, 0) is 10.2 Å². The van der Waals surface area contributed by atoms with E-state index in [4.69, 9.17) is 28.6 Å². The number of fused-ring (bicyclic) bond motifs is 3. The molecule has 1 aliphatic rings. The summed E-state index contributed by atoms with van der Waals surface area (Å²) in [4.78, 5) is 21.8. The Balaban J connectivity index is 1.55. The number of pyridine rings is 1. The molecule has 1 unspecified atom stereocenters. The molecule has 4 N–H and O–H groups in total. The molecule has 0 fully saturated rings. The number of nitrogens with zero attached hydrogens (tertiary/aromatic N) is 5. The number of hydrogen-bond acceptors (Lipinski definition) is 8. The topological polar surface area (TPSA) is 141 Å². The summed E-state index contributed by atoms with van der Waals surface area (Å²) < 4.78 is 1.71. The van der Waals surface area contributed by atoms with Crippen molar-refractivity contribution in [3.05, 3.63) is 46.0 Å². The van der Waals surface area contributed by atoms with Gasteiger partial charge in [0.05, 0.1) is 28.5 Å². The molecule has 1 aliphatic carbocycles. The third kappa shape index (κ3) is 4.48. The van der Waals surface area contributed by atoms with Crippen molar-refractivity contribution in [1.29, 1.82) is 5.41 Å². The van der Waals surface area contributed by atoms with Crippen LogP contribution >= 0.6 is 23.2 Å². The molecule has 1 amide bonds. The Kier molecular flexibility index (Phi) is 6.09. The molecular formula is C22H24Cl2N8O2. The van der Waals surface area contributed by atoms with Gasteiger partial charge in [0, 0.05) is 29.5 Å². The van der Waals surface area contributed by atoms with Crippen LogP contribution in [0.2, 0.25) is 10.2 Å². The van der Waals surface area contributed by atoms with Crippen molar-refractivity contribution in [2.75, 3.05) is 10.7 Å². The van der Waals surface area contributed by atoms with E-state index in [-0.39, 0.29) is 27.9 Å². The molecule has 12 heteroatoms. The molecule has 0 bridgehead atoms. The summed E-state index contributed by atoms with van der Waals surface area (Å²) in [5.74, 6) is -0.429. The molecule has 0 saturated carbocycles. The Morgan fingerprint density at radius 2 is 2.06 bits per heavy atom. The maximum absolute atomic E-state index is 13.2. The third-order valence-electron chi connectivity index (χ3n) is 5.68. The van der Waals surface area contributed by atoms with Crippen molar-refractivity contribution in [2.24, 2.45) is 5.10 Å². The molecule has 178 valence electrons. The van der Waals surface area contributed by atoms with Gasteiger partial charge in [-0.2, -0.15) is 10.2 Å². The lowest BCUT2D eigenvalue weighted by Gasteiger charge is -2.19. The minimum atomic E-state index is -1.30. The van der Waals surface area contributed by atoms with Crippen molar-refractivity contribution >= 4 is 58.2 Å². The van der Waals surface area contributed by atoms with Gasteiger partial charge in [-0.3, -0.25) is 10.2 Å². The lowest BCUT2D eigenvalue weighted by Crippen LogP contribution is -2.32. The molecule has 0 spiro atoms. The molecule has 0 aliphatic heterocycles. The molecule has 3 heterocycles. The number of hydrazone groups is 1. The van der Waals surface area contributed by atoms with Crippen LogP contribution in [0.25, 0.3) is 5.65 Å². The normalized spacial score (nSPS) is 17.5. The van der Waals surface area contributed by atoms with Crippen molar-refractivity contribution < 1.29 is 9.90 Å². The molecule has 3 aromatic rings. The maximum atomic E-state index is 13.2. The number of aromatic nitrogens is 4. The highest BCUT2D eigenvalue weighted by molar-refractivity contribution is 6.34. The fourth-order valence-corrected chi connectivity index (χ4v) is 4.46. The number of halogens is 2. The summed E-state index contributed by atoms with van der Waals surface area (Å²) >= 11 is 12.4. The number of rotatable bonds is 6. The summed E-state index contributed by atoms with van der Waals surface area (Å²) in [5.41, 5.74) is 3.88. The zero-order valence-electron chi connectivity index (χ0n) is 19.0. The van der Waals surface area contributed by atoms with Crippen LogP contribution in [-0.4, -0.2) is 48.1 Å². The number of amides is 1. The predicted molar refractivity (Wildman–Crippen MR) is 132 cm³/mol. The van der Waals surface area contributed by atoms with Gasteiger partial charge in [-0.05, 0) is 26.3 Å². The van der Waals surface area contributed by atoms with E-state index >= 15 is 0 Å². The number of nitrogens with one attached hydrogen (secondary N) is 3. The van der Waals surface area contributed by atoms with Crippen LogP contribution < -0.4 is 10.7 Å². The zero-order chi connectivity index (χ0) is 24.8. The highest BCUT2D eigenvalue weighted by Crippen LogP contribution is 2.46. The second-order valence-corrected chi connectivity index (χ2v) is 10.1. The Hall–Kier alpha value is -3.08. The minimum absolute atomic E-state index is 0.103. The van der Waals surface area contributed by atoms with Gasteiger partial charge in [-0.15, -0.1) is 0 Å². The summed E-state index contributed by atoms with van der Waals surface area (Å²) in [5, 5.41) is 29.1. The minimum Gasteiger partial charge on any atom is -0.384 e. The third-order valence-corrected chi connectivity index (χ3v) is 6.16. The van der Waals surface area contributed by atoms with Crippen LogP contribution in [0.1, 0.15) is 51.3 Å². The van der Waals surface area contributed by atoms with Crippen molar-refractivity contribution in [1.82, 2.24) is 19.6 Å². The molecular weight excluding hydrogens is 479 g/mol. The van der Waals surface area contributed by atoms with Crippen LogP contribution in [0.15, 0.2) is 29.6 Å². The van der Waals surface area contributed by atoms with Crippen molar-refractivity contribution in [2.45, 2.75) is 51.0 Å². The average Bonchev–Trinajstić information content (AvgIpc) is 3.24. The Labute approximate surface area is 205 Å². The van der Waals surface area contributed by atoms with E-state index in [2.05, 4.69) is 44.8 Å². The van der Waals surface area contributed by atoms with Crippen LogP contribution in [0.3, 0.4) is 0 Å². The first-order valence-corrected chi connectivity index (χ1v) is 11.2. The molecule has 10 nitrogen and oxygen atoms in total. The first-order valence-electron chi connectivity index (χ1n) is 10.5. The smallest absolute Gasteiger partial charge is 0.232 e. The Bertz CT molecular complexity index is 1330. The van der Waals surface area contributed by atoms with E-state index in [0.717, 1.165) is 17.5 Å². The number of anilines is 2. The number of hydrogen-bond donors (Lipinski definition) is 4. The van der Waals surface area contributed by atoms with Crippen molar-refractivity contribution in [3.63, 3.8) is 0 Å². The number of carbonyl (C=O) groups excluding carboxylic acids is 1. The number of aliphatic hydroxyl groups is 1. The van der Waals surface area contributed by atoms with Gasteiger partial charge < -0.3 is 15.8 Å². The fourth-order valence-electron chi connectivity index (χ4n) is 4.08. The summed E-state index contributed by atoms with van der Waals surface area (Å²) in [6, 6.07) is 3.24. The molecule has 0 radical (unpaired) electrons. The van der Waals surface area contributed by atoms with E-state index in [1.807, 2.05) is 0 Å². The van der Waals surface area contributed by atoms with Crippen LogP contribution in [0.5, 0.6) is 0 Å². The van der Waals surface area contributed by atoms with Gasteiger partial charge in [-0.25, -0.2) is 14.5 Å². The highest BCUT2D eigenvalue weighted by Gasteiger charge is 2.43. The van der Waals surface area contributed by atoms with Gasteiger partial charge in [-0.1, -0.05) is 37.0 Å². The highest BCUT2D eigenvalue weighted by atomic mass is 35.5. The molecule has 0 aromatic carbocycles. The summed E-state index contributed by atoms with van der Waals surface area (Å²) in [7, 11) is 0. The summed E-state index contributed by atoms with van der Waals surface area (Å²) in [6.45, 7) is 7.14. The monoisotopic (exact) mass is 502 g/mol. The molecule has 1 atom stereocenters. The second-order valence-electron chi connectivity index (χ2n) is 9.30. The lowest BCUT2D eigenvalue weighted by atomic mass is 9.88. The largest absolute Gasteiger partial charge is 0.384 e. The van der Waals surface area contributed by atoms with Gasteiger partial charge >= 0.3 is 0 Å². The fraction of sp³-hybridized carbons (Fsp3) is 0.364. The first kappa shape index (κ1) is 24.1. The zero-order valence-corrected chi connectivity index (χ0v) is 20.5. The quantitative estimate of drug-likeness (QED) is 0.296. The first-order chi connectivity index (χ1) is 15.9. The van der Waals surface area contributed by atoms with Crippen LogP contribution in [0, 0.1) is 5.41 Å². The average molecular weight is 503 g/mol. The summed E-state index contributed by atoms with van der Waals surface area (Å²) in [6.07, 6.45) is 4.68. The van der Waals surface area contributed by atoms with E-state index in [0.29, 0.717) is 22.9 Å². The van der Waals surface area contributed by atoms with E-state index < -0.39 is 11.5 Å². The second kappa shape index (κ2) is 8.61. The molecule has 34 heavy (non-hydrogen) atoms. The molecule has 3 aromatic heterocycles. The Morgan fingerprint density at radius 3 is 2.71 bits per heavy atom. The SMILES string of the molecule is CC(C)(O)/C(C=N)=N/Nc1ncc(NC(=O)C2CC(C)(C)c3c2cnc2cc(Cl)nn32)cc1Cl. The molecule has 4 rings (SSSR count). The van der Waals surface area contributed by atoms with Gasteiger partial charge in [0.25, 0.3) is 0 Å². The van der Waals surface area contributed by atoms with E-state index in [9.17, 15) is 9.90 Å².